The summed E-state index contributed by atoms with van der Waals surface area (Å²) in [6, 6.07) is 0.710. The maximum atomic E-state index is 5.94. The zero-order chi connectivity index (χ0) is 10.8. The molecule has 0 spiro atoms. The lowest BCUT2D eigenvalue weighted by Gasteiger charge is -2.29. The minimum atomic E-state index is 0.0877. The summed E-state index contributed by atoms with van der Waals surface area (Å²) in [6.07, 6.45) is 9.11. The van der Waals surface area contributed by atoms with Crippen molar-refractivity contribution in [1.82, 2.24) is 9.55 Å². The van der Waals surface area contributed by atoms with Crippen LogP contribution < -0.4 is 5.73 Å². The molecule has 0 saturated heterocycles. The van der Waals surface area contributed by atoms with Crippen LogP contribution in [0.4, 0.5) is 0 Å². The summed E-state index contributed by atoms with van der Waals surface area (Å²) < 4.78 is 2.29. The Morgan fingerprint density at radius 2 is 2.33 bits per heavy atom. The van der Waals surface area contributed by atoms with E-state index in [4.69, 9.17) is 5.73 Å². The van der Waals surface area contributed by atoms with Crippen LogP contribution in [0.3, 0.4) is 0 Å². The second-order valence-corrected chi connectivity index (χ2v) is 4.94. The molecule has 1 aliphatic rings. The fourth-order valence-electron chi connectivity index (χ4n) is 2.63. The highest BCUT2D eigenvalue weighted by atomic mass is 15.1. The fourth-order valence-corrected chi connectivity index (χ4v) is 2.63. The highest BCUT2D eigenvalue weighted by Crippen LogP contribution is 2.33. The maximum absolute atomic E-state index is 5.94. The van der Waals surface area contributed by atoms with Gasteiger partial charge in [0.1, 0.15) is 0 Å². The lowest BCUT2D eigenvalue weighted by atomic mass is 9.87. The van der Waals surface area contributed by atoms with Crippen LogP contribution in [0.15, 0.2) is 12.5 Å². The van der Waals surface area contributed by atoms with Crippen molar-refractivity contribution < 1.29 is 0 Å². The van der Waals surface area contributed by atoms with Gasteiger partial charge in [-0.2, -0.15) is 0 Å². The SMILES string of the molecule is CC1CCCC(n2cncc2C(C)N)C1. The molecule has 1 heterocycles. The Bertz CT molecular complexity index is 316. The molecule has 2 rings (SSSR count). The van der Waals surface area contributed by atoms with Crippen molar-refractivity contribution in [3.63, 3.8) is 0 Å². The molecule has 0 radical (unpaired) electrons. The Hall–Kier alpha value is -0.830. The molecule has 0 amide bonds. The predicted octanol–water partition coefficient (Wildman–Crippen LogP) is 2.65. The number of hydrogen-bond donors (Lipinski definition) is 1. The Kier molecular flexibility index (Phi) is 3.10. The van der Waals surface area contributed by atoms with Gasteiger partial charge in [0.2, 0.25) is 0 Å². The highest BCUT2D eigenvalue weighted by Gasteiger charge is 2.22. The Morgan fingerprint density at radius 1 is 1.53 bits per heavy atom. The standard InChI is InChI=1S/C12H21N3/c1-9-4-3-5-11(6-9)15-8-14-7-12(15)10(2)13/h7-11H,3-6,13H2,1-2H3. The van der Waals surface area contributed by atoms with E-state index >= 15 is 0 Å². The number of rotatable bonds is 2. The van der Waals surface area contributed by atoms with E-state index < -0.39 is 0 Å². The number of nitrogens with two attached hydrogens (primary N) is 1. The van der Waals surface area contributed by atoms with E-state index in [2.05, 4.69) is 16.5 Å². The summed E-state index contributed by atoms with van der Waals surface area (Å²) >= 11 is 0. The van der Waals surface area contributed by atoms with Crippen molar-refractivity contribution in [3.05, 3.63) is 18.2 Å². The Balaban J connectivity index is 2.17. The van der Waals surface area contributed by atoms with Crippen LogP contribution in [0.2, 0.25) is 0 Å². The van der Waals surface area contributed by atoms with Crippen LogP contribution in [0.25, 0.3) is 0 Å². The quantitative estimate of drug-likeness (QED) is 0.810. The minimum Gasteiger partial charge on any atom is -0.330 e. The highest BCUT2D eigenvalue weighted by molar-refractivity contribution is 5.05. The smallest absolute Gasteiger partial charge is 0.0951 e. The van der Waals surface area contributed by atoms with Crippen LogP contribution in [-0.4, -0.2) is 9.55 Å². The van der Waals surface area contributed by atoms with Crippen LogP contribution >= 0.6 is 0 Å². The third-order valence-corrected chi connectivity index (χ3v) is 3.46. The van der Waals surface area contributed by atoms with Gasteiger partial charge >= 0.3 is 0 Å². The fraction of sp³-hybridized carbons (Fsp3) is 0.750. The van der Waals surface area contributed by atoms with E-state index in [1.54, 1.807) is 0 Å². The summed E-state index contributed by atoms with van der Waals surface area (Å²) in [4.78, 5) is 4.23. The maximum Gasteiger partial charge on any atom is 0.0951 e. The molecular weight excluding hydrogens is 186 g/mol. The molecule has 0 aromatic carbocycles. The molecule has 3 heteroatoms. The van der Waals surface area contributed by atoms with E-state index in [1.165, 1.54) is 31.4 Å². The molecule has 1 aromatic heterocycles. The number of hydrogen-bond acceptors (Lipinski definition) is 2. The van der Waals surface area contributed by atoms with Gasteiger partial charge in [-0.05, 0) is 25.7 Å². The van der Waals surface area contributed by atoms with E-state index in [0.717, 1.165) is 5.92 Å². The van der Waals surface area contributed by atoms with Gasteiger partial charge in [0.15, 0.2) is 0 Å². The van der Waals surface area contributed by atoms with Crippen molar-refractivity contribution in [2.45, 2.75) is 51.6 Å². The van der Waals surface area contributed by atoms with Crippen LogP contribution in [0, 0.1) is 5.92 Å². The van der Waals surface area contributed by atoms with Gasteiger partial charge in [-0.1, -0.05) is 19.8 Å². The van der Waals surface area contributed by atoms with E-state index in [0.29, 0.717) is 6.04 Å². The van der Waals surface area contributed by atoms with Gasteiger partial charge in [0.25, 0.3) is 0 Å². The predicted molar refractivity (Wildman–Crippen MR) is 61.5 cm³/mol. The summed E-state index contributed by atoms with van der Waals surface area (Å²) in [5, 5.41) is 0. The monoisotopic (exact) mass is 207 g/mol. The molecule has 1 aliphatic carbocycles. The first-order valence-electron chi connectivity index (χ1n) is 5.95. The van der Waals surface area contributed by atoms with Crippen molar-refractivity contribution in [3.8, 4) is 0 Å². The molecular formula is C12H21N3. The molecule has 15 heavy (non-hydrogen) atoms. The molecule has 0 bridgehead atoms. The van der Waals surface area contributed by atoms with Crippen molar-refractivity contribution in [1.29, 1.82) is 0 Å². The van der Waals surface area contributed by atoms with Crippen LogP contribution in [0.1, 0.15) is 57.3 Å². The zero-order valence-corrected chi connectivity index (χ0v) is 9.69. The first-order chi connectivity index (χ1) is 7.18. The molecule has 1 fully saturated rings. The lowest BCUT2D eigenvalue weighted by molar-refractivity contribution is 0.276. The van der Waals surface area contributed by atoms with E-state index in [1.807, 2.05) is 19.4 Å². The van der Waals surface area contributed by atoms with E-state index in [9.17, 15) is 0 Å². The zero-order valence-electron chi connectivity index (χ0n) is 9.69. The third kappa shape index (κ3) is 2.23. The number of imidazole rings is 1. The van der Waals surface area contributed by atoms with E-state index in [-0.39, 0.29) is 6.04 Å². The topological polar surface area (TPSA) is 43.8 Å². The van der Waals surface area contributed by atoms with Crippen molar-refractivity contribution >= 4 is 0 Å². The molecule has 84 valence electrons. The summed E-state index contributed by atoms with van der Waals surface area (Å²) in [5.74, 6) is 0.840. The molecule has 2 N–H and O–H groups in total. The Labute approximate surface area is 91.7 Å². The van der Waals surface area contributed by atoms with Gasteiger partial charge in [-0.15, -0.1) is 0 Å². The van der Waals surface area contributed by atoms with Gasteiger partial charge < -0.3 is 10.3 Å². The third-order valence-electron chi connectivity index (χ3n) is 3.46. The molecule has 1 saturated carbocycles. The molecule has 3 unspecified atom stereocenters. The van der Waals surface area contributed by atoms with Crippen LogP contribution in [-0.2, 0) is 0 Å². The largest absolute Gasteiger partial charge is 0.330 e. The van der Waals surface area contributed by atoms with Gasteiger partial charge in [-0.25, -0.2) is 4.98 Å². The molecule has 3 nitrogen and oxygen atoms in total. The first kappa shape index (κ1) is 10.7. The second-order valence-electron chi connectivity index (χ2n) is 4.94. The van der Waals surface area contributed by atoms with Crippen molar-refractivity contribution in [2.24, 2.45) is 11.7 Å². The molecule has 3 atom stereocenters. The molecule has 0 aliphatic heterocycles. The van der Waals surface area contributed by atoms with Crippen molar-refractivity contribution in [2.75, 3.05) is 0 Å². The molecule has 1 aromatic rings. The lowest BCUT2D eigenvalue weighted by Crippen LogP contribution is -2.21. The number of nitrogens with zero attached hydrogens (tertiary/aromatic N) is 2. The number of aromatic nitrogens is 2. The van der Waals surface area contributed by atoms with Gasteiger partial charge in [0.05, 0.1) is 12.0 Å². The summed E-state index contributed by atoms with van der Waals surface area (Å²) in [6.45, 7) is 4.37. The second kappa shape index (κ2) is 4.35. The summed E-state index contributed by atoms with van der Waals surface area (Å²) in [7, 11) is 0. The average molecular weight is 207 g/mol. The van der Waals surface area contributed by atoms with Gasteiger partial charge in [0, 0.05) is 18.3 Å². The summed E-state index contributed by atoms with van der Waals surface area (Å²) in [5.41, 5.74) is 7.11. The van der Waals surface area contributed by atoms with Crippen LogP contribution in [0.5, 0.6) is 0 Å². The Morgan fingerprint density at radius 3 is 3.00 bits per heavy atom. The van der Waals surface area contributed by atoms with Gasteiger partial charge in [-0.3, -0.25) is 0 Å². The average Bonchev–Trinajstić information content (AvgIpc) is 2.65. The first-order valence-corrected chi connectivity index (χ1v) is 5.95. The minimum absolute atomic E-state index is 0.0877. The normalized spacial score (nSPS) is 29.0.